The van der Waals surface area contributed by atoms with Gasteiger partial charge in [0, 0.05) is 0 Å². The molecule has 0 radical (unpaired) electrons. The summed E-state index contributed by atoms with van der Waals surface area (Å²) >= 11 is 0. The van der Waals surface area contributed by atoms with Gasteiger partial charge in [0.1, 0.15) is 5.60 Å². The van der Waals surface area contributed by atoms with Gasteiger partial charge in [-0.05, 0) is 37.8 Å². The molecule has 0 aliphatic carbocycles. The molecule has 7 heteroatoms. The van der Waals surface area contributed by atoms with Crippen LogP contribution in [-0.4, -0.2) is 24.2 Å². The third-order valence-corrected chi connectivity index (χ3v) is 3.15. The minimum Gasteiger partial charge on any atom is -0.444 e. The number of nitrogens with zero attached hydrogens (tertiary/aromatic N) is 1. The molecule has 1 aromatic carbocycles. The Hall–Kier alpha value is -1.51. The molecule has 1 aromatic rings. The van der Waals surface area contributed by atoms with Crippen LogP contribution >= 0.6 is 24.0 Å². The van der Waals surface area contributed by atoms with Crippen LogP contribution in [0.25, 0.3) is 0 Å². The summed E-state index contributed by atoms with van der Waals surface area (Å²) in [6.45, 7) is 9.96. The lowest BCUT2D eigenvalue weighted by atomic mass is 9.99. The van der Waals surface area contributed by atoms with Gasteiger partial charge in [-0.15, -0.1) is 24.0 Å². The molecule has 0 heterocycles. The highest BCUT2D eigenvalue weighted by Crippen LogP contribution is 2.20. The van der Waals surface area contributed by atoms with Gasteiger partial charge in [-0.25, -0.2) is 4.79 Å². The van der Waals surface area contributed by atoms with Crippen LogP contribution in [0.2, 0.25) is 0 Å². The number of benzene rings is 1. The maximum Gasteiger partial charge on any atom is 0.408 e. The number of ether oxygens (including phenoxy) is 1. The van der Waals surface area contributed by atoms with Crippen LogP contribution in [0.5, 0.6) is 0 Å². The molecule has 6 nitrogen and oxygen atoms in total. The highest BCUT2D eigenvalue weighted by molar-refractivity contribution is 14.0. The fraction of sp³-hybridized carbons (Fsp3) is 0.529. The number of hydrogen-bond donors (Lipinski definition) is 3. The van der Waals surface area contributed by atoms with Crippen LogP contribution in [0, 0.1) is 0 Å². The first-order valence-electron chi connectivity index (χ1n) is 7.73. The fourth-order valence-electron chi connectivity index (χ4n) is 1.99. The summed E-state index contributed by atoms with van der Waals surface area (Å²) in [4.78, 5) is 16.0. The smallest absolute Gasteiger partial charge is 0.408 e. The van der Waals surface area contributed by atoms with E-state index in [1.165, 1.54) is 5.56 Å². The topological polar surface area (TPSA) is 103 Å². The molecule has 1 rings (SSSR count). The van der Waals surface area contributed by atoms with E-state index >= 15 is 0 Å². The Morgan fingerprint density at radius 1 is 1.17 bits per heavy atom. The van der Waals surface area contributed by atoms with Gasteiger partial charge in [0.15, 0.2) is 5.96 Å². The summed E-state index contributed by atoms with van der Waals surface area (Å²) in [6, 6.07) is 7.67. The van der Waals surface area contributed by atoms with Crippen LogP contribution in [0.15, 0.2) is 29.3 Å². The second-order valence-corrected chi connectivity index (χ2v) is 6.79. The molecular formula is C17H29IN4O2. The first-order valence-corrected chi connectivity index (χ1v) is 7.73. The predicted octanol–water partition coefficient (Wildman–Crippen LogP) is 3.27. The maximum absolute atomic E-state index is 12.0. The summed E-state index contributed by atoms with van der Waals surface area (Å²) < 4.78 is 5.30. The van der Waals surface area contributed by atoms with Crippen molar-refractivity contribution >= 4 is 36.0 Å². The molecule has 136 valence electrons. The fourth-order valence-corrected chi connectivity index (χ4v) is 1.99. The number of guanidine groups is 1. The van der Waals surface area contributed by atoms with Crippen molar-refractivity contribution in [1.29, 1.82) is 0 Å². The van der Waals surface area contributed by atoms with Crippen molar-refractivity contribution in [3.05, 3.63) is 35.4 Å². The number of carbonyl (C=O) groups is 1. The summed E-state index contributed by atoms with van der Waals surface area (Å²) in [5, 5.41) is 2.81. The zero-order valence-corrected chi connectivity index (χ0v) is 17.3. The molecule has 0 aliphatic heterocycles. The number of amides is 1. The van der Waals surface area contributed by atoms with E-state index in [-0.39, 0.29) is 42.5 Å². The highest BCUT2D eigenvalue weighted by Gasteiger charge is 2.20. The molecule has 0 saturated heterocycles. The van der Waals surface area contributed by atoms with Gasteiger partial charge >= 0.3 is 6.09 Å². The van der Waals surface area contributed by atoms with E-state index in [1.54, 1.807) is 0 Å². The number of nitrogens with one attached hydrogen (secondary N) is 1. The van der Waals surface area contributed by atoms with Crippen LogP contribution in [0.4, 0.5) is 4.79 Å². The summed E-state index contributed by atoms with van der Waals surface area (Å²) in [5.74, 6) is 0.429. The Morgan fingerprint density at radius 2 is 1.67 bits per heavy atom. The number of halogens is 1. The first kappa shape index (κ1) is 22.5. The van der Waals surface area contributed by atoms with Crippen LogP contribution < -0.4 is 16.8 Å². The monoisotopic (exact) mass is 448 g/mol. The Bertz CT molecular complexity index is 547. The van der Waals surface area contributed by atoms with Crippen molar-refractivity contribution in [2.75, 3.05) is 6.54 Å². The van der Waals surface area contributed by atoms with Gasteiger partial charge in [0.25, 0.3) is 0 Å². The zero-order chi connectivity index (χ0) is 17.6. The maximum atomic E-state index is 12.0. The number of rotatable bonds is 5. The van der Waals surface area contributed by atoms with Crippen molar-refractivity contribution in [3.8, 4) is 0 Å². The van der Waals surface area contributed by atoms with Gasteiger partial charge in [-0.3, -0.25) is 4.99 Å². The standard InChI is InChI=1S/C17H28N4O2.HI/c1-11(2)12-6-8-13(9-7-12)14(10-20-15(18)19)21-16(22)23-17(3,4)5;/h6-9,11,14H,10H2,1-5H3,(H,21,22)(H4,18,19,20);1H. The third-order valence-electron chi connectivity index (χ3n) is 3.15. The van der Waals surface area contributed by atoms with E-state index in [2.05, 4.69) is 24.2 Å². The average molecular weight is 448 g/mol. The van der Waals surface area contributed by atoms with Gasteiger partial charge in [-0.1, -0.05) is 38.1 Å². The Labute approximate surface area is 161 Å². The van der Waals surface area contributed by atoms with Crippen molar-refractivity contribution in [3.63, 3.8) is 0 Å². The minimum atomic E-state index is -0.563. The molecule has 1 amide bonds. The molecule has 24 heavy (non-hydrogen) atoms. The molecule has 0 spiro atoms. The molecule has 0 aliphatic rings. The normalized spacial score (nSPS) is 12.1. The largest absolute Gasteiger partial charge is 0.444 e. The summed E-state index contributed by atoms with van der Waals surface area (Å²) in [5.41, 5.74) is 12.4. The summed E-state index contributed by atoms with van der Waals surface area (Å²) in [6.07, 6.45) is -0.499. The van der Waals surface area contributed by atoms with Crippen molar-refractivity contribution in [2.24, 2.45) is 16.5 Å². The van der Waals surface area contributed by atoms with E-state index in [4.69, 9.17) is 16.2 Å². The molecule has 0 saturated carbocycles. The number of hydrogen-bond acceptors (Lipinski definition) is 3. The van der Waals surface area contributed by atoms with Crippen molar-refractivity contribution in [2.45, 2.75) is 52.2 Å². The molecular weight excluding hydrogens is 419 g/mol. The van der Waals surface area contributed by atoms with E-state index in [9.17, 15) is 4.79 Å². The van der Waals surface area contributed by atoms with Crippen LogP contribution in [0.3, 0.4) is 0 Å². The number of aliphatic imine (C=N–C) groups is 1. The van der Waals surface area contributed by atoms with E-state index in [0.29, 0.717) is 5.92 Å². The molecule has 0 bridgehead atoms. The van der Waals surface area contributed by atoms with Crippen LogP contribution in [-0.2, 0) is 4.74 Å². The van der Waals surface area contributed by atoms with Gasteiger partial charge in [-0.2, -0.15) is 0 Å². The second-order valence-electron chi connectivity index (χ2n) is 6.79. The number of carbonyl (C=O) groups excluding carboxylic acids is 1. The lowest BCUT2D eigenvalue weighted by molar-refractivity contribution is 0.0505. The zero-order valence-electron chi connectivity index (χ0n) is 15.0. The van der Waals surface area contributed by atoms with E-state index in [0.717, 1.165) is 5.56 Å². The molecule has 1 unspecified atom stereocenters. The summed E-state index contributed by atoms with van der Waals surface area (Å²) in [7, 11) is 0. The predicted molar refractivity (Wildman–Crippen MR) is 109 cm³/mol. The van der Waals surface area contributed by atoms with E-state index in [1.807, 2.05) is 45.0 Å². The molecule has 5 N–H and O–H groups in total. The average Bonchev–Trinajstić information content (AvgIpc) is 2.41. The van der Waals surface area contributed by atoms with Crippen LogP contribution in [0.1, 0.15) is 57.7 Å². The quantitative estimate of drug-likeness (QED) is 0.366. The second kappa shape index (κ2) is 9.71. The SMILES string of the molecule is CC(C)c1ccc(C(CN=C(N)N)NC(=O)OC(C)(C)C)cc1.I. The van der Waals surface area contributed by atoms with Crippen molar-refractivity contribution < 1.29 is 9.53 Å². The van der Waals surface area contributed by atoms with Gasteiger partial charge in [0.05, 0.1) is 12.6 Å². The minimum absolute atomic E-state index is 0. The lowest BCUT2D eigenvalue weighted by Gasteiger charge is -2.23. The number of nitrogens with two attached hydrogens (primary N) is 2. The van der Waals surface area contributed by atoms with Gasteiger partial charge < -0.3 is 21.5 Å². The first-order chi connectivity index (χ1) is 10.6. The Kier molecular flexibility index (Phi) is 9.09. The molecule has 0 aromatic heterocycles. The molecule has 0 fully saturated rings. The Morgan fingerprint density at radius 3 is 2.08 bits per heavy atom. The van der Waals surface area contributed by atoms with E-state index < -0.39 is 11.7 Å². The molecule has 1 atom stereocenters. The third kappa shape index (κ3) is 8.37. The number of alkyl carbamates (subject to hydrolysis) is 1. The Balaban J connectivity index is 0.00000529. The highest BCUT2D eigenvalue weighted by atomic mass is 127. The van der Waals surface area contributed by atoms with Gasteiger partial charge in [0.2, 0.25) is 0 Å². The lowest BCUT2D eigenvalue weighted by Crippen LogP contribution is -2.36. The van der Waals surface area contributed by atoms with Crippen molar-refractivity contribution in [1.82, 2.24) is 5.32 Å².